The van der Waals surface area contributed by atoms with E-state index in [0.29, 0.717) is 22.7 Å². The number of carbonyl (C=O) groups excluding carboxylic acids is 2. The summed E-state index contributed by atoms with van der Waals surface area (Å²) in [5.74, 6) is -2.27. The average Bonchev–Trinajstić information content (AvgIpc) is 3.07. The Balaban J connectivity index is 1.97. The Hall–Kier alpha value is -3.00. The van der Waals surface area contributed by atoms with E-state index in [9.17, 15) is 29.8 Å². The fraction of sp³-hybridized carbons (Fsp3) is 0. The highest BCUT2D eigenvalue weighted by molar-refractivity contribution is 7.19. The lowest BCUT2D eigenvalue weighted by Gasteiger charge is -2.00. The Kier molecular flexibility index (Phi) is 4.33. The summed E-state index contributed by atoms with van der Waals surface area (Å²) in [6.07, 6.45) is 1.87. The monoisotopic (exact) mass is 344 g/mol. The lowest BCUT2D eigenvalue weighted by Crippen LogP contribution is -2.28. The van der Waals surface area contributed by atoms with E-state index in [-0.39, 0.29) is 20.3 Å². The van der Waals surface area contributed by atoms with Crippen LogP contribution in [0.5, 0.6) is 0 Å². The number of amides is 2. The van der Waals surface area contributed by atoms with Gasteiger partial charge in [-0.3, -0.25) is 40.5 Å². The summed E-state index contributed by atoms with van der Waals surface area (Å²) >= 11 is 1.15. The van der Waals surface area contributed by atoms with Gasteiger partial charge in [0.05, 0.1) is 9.85 Å². The molecule has 14 heteroatoms. The maximum absolute atomic E-state index is 11.6. The first-order chi connectivity index (χ1) is 10.4. The van der Waals surface area contributed by atoms with Crippen molar-refractivity contribution in [2.75, 3.05) is 10.6 Å². The van der Waals surface area contributed by atoms with Gasteiger partial charge < -0.3 is 0 Å². The quantitative estimate of drug-likeness (QED) is 0.469. The van der Waals surface area contributed by atoms with Gasteiger partial charge in [-0.25, -0.2) is 9.97 Å². The molecule has 0 bridgehead atoms. The zero-order valence-corrected chi connectivity index (χ0v) is 11.8. The Labute approximate surface area is 128 Å². The first kappa shape index (κ1) is 15.4. The molecular formula is C8H4N6O6S2. The second kappa shape index (κ2) is 6.19. The van der Waals surface area contributed by atoms with Crippen LogP contribution < -0.4 is 10.6 Å². The molecule has 0 fully saturated rings. The van der Waals surface area contributed by atoms with E-state index >= 15 is 0 Å². The summed E-state index contributed by atoms with van der Waals surface area (Å²) in [4.78, 5) is 49.7. The predicted octanol–water partition coefficient (Wildman–Crippen LogP) is 0.993. The largest absolute Gasteiger partial charge is 0.345 e. The van der Waals surface area contributed by atoms with Crippen LogP contribution in [0.25, 0.3) is 0 Å². The topological polar surface area (TPSA) is 170 Å². The number of anilines is 2. The van der Waals surface area contributed by atoms with Crippen molar-refractivity contribution in [3.63, 3.8) is 0 Å². The van der Waals surface area contributed by atoms with Crippen LogP contribution in [0.15, 0.2) is 12.4 Å². The minimum absolute atomic E-state index is 0.128. The van der Waals surface area contributed by atoms with Crippen LogP contribution in [0.1, 0.15) is 0 Å². The van der Waals surface area contributed by atoms with Gasteiger partial charge in [-0.2, -0.15) is 0 Å². The highest BCUT2D eigenvalue weighted by Crippen LogP contribution is 2.26. The molecule has 0 saturated heterocycles. The number of aromatic nitrogens is 2. The van der Waals surface area contributed by atoms with Crippen LogP contribution in [0, 0.1) is 20.2 Å². The maximum Gasteiger partial charge on any atom is 0.345 e. The van der Waals surface area contributed by atoms with Crippen LogP contribution in [0.3, 0.4) is 0 Å². The van der Waals surface area contributed by atoms with Crippen LogP contribution in [-0.4, -0.2) is 31.6 Å². The van der Waals surface area contributed by atoms with Crippen LogP contribution in [0.4, 0.5) is 20.3 Å². The molecule has 2 amide bonds. The molecule has 2 N–H and O–H groups in total. The number of hydrogen-bond donors (Lipinski definition) is 2. The van der Waals surface area contributed by atoms with Crippen molar-refractivity contribution in [2.24, 2.45) is 0 Å². The number of nitrogens with zero attached hydrogens (tertiary/aromatic N) is 4. The molecular weight excluding hydrogens is 340 g/mol. The van der Waals surface area contributed by atoms with E-state index in [1.807, 2.05) is 0 Å². The molecule has 12 nitrogen and oxygen atoms in total. The van der Waals surface area contributed by atoms with Crippen LogP contribution in [0.2, 0.25) is 0 Å². The summed E-state index contributed by atoms with van der Waals surface area (Å²) in [5, 5.41) is 24.2. The summed E-state index contributed by atoms with van der Waals surface area (Å²) in [6.45, 7) is 0. The first-order valence-electron chi connectivity index (χ1n) is 5.19. The Morgan fingerprint density at radius 1 is 0.909 bits per heavy atom. The third kappa shape index (κ3) is 3.55. The van der Waals surface area contributed by atoms with Crippen molar-refractivity contribution < 1.29 is 19.4 Å². The Morgan fingerprint density at radius 2 is 1.27 bits per heavy atom. The minimum atomic E-state index is -1.14. The second-order valence-corrected chi connectivity index (χ2v) is 5.45. The van der Waals surface area contributed by atoms with E-state index in [4.69, 9.17) is 0 Å². The zero-order valence-electron chi connectivity index (χ0n) is 10.2. The van der Waals surface area contributed by atoms with E-state index < -0.39 is 21.7 Å². The van der Waals surface area contributed by atoms with Crippen molar-refractivity contribution in [1.82, 2.24) is 9.97 Å². The summed E-state index contributed by atoms with van der Waals surface area (Å²) in [6, 6.07) is 0. The normalized spacial score (nSPS) is 10.0. The third-order valence-electron chi connectivity index (χ3n) is 1.99. The van der Waals surface area contributed by atoms with Crippen molar-refractivity contribution >= 4 is 54.8 Å². The fourth-order valence-electron chi connectivity index (χ4n) is 1.12. The first-order valence-corrected chi connectivity index (χ1v) is 6.83. The maximum atomic E-state index is 11.6. The molecule has 114 valence electrons. The Morgan fingerprint density at radius 3 is 1.55 bits per heavy atom. The highest BCUT2D eigenvalue weighted by Gasteiger charge is 2.20. The molecule has 0 aliphatic carbocycles. The molecule has 0 saturated carbocycles. The number of thiazole rings is 2. The average molecular weight is 344 g/mol. The molecule has 0 aliphatic heterocycles. The van der Waals surface area contributed by atoms with Gasteiger partial charge in [0.2, 0.25) is 0 Å². The summed E-state index contributed by atoms with van der Waals surface area (Å²) in [5.41, 5.74) is 0. The van der Waals surface area contributed by atoms with E-state index in [0.717, 1.165) is 12.4 Å². The van der Waals surface area contributed by atoms with Crippen molar-refractivity contribution in [2.45, 2.75) is 0 Å². The fourth-order valence-corrected chi connectivity index (χ4v) is 2.38. The number of nitro groups is 2. The van der Waals surface area contributed by atoms with E-state index in [1.54, 1.807) is 0 Å². The van der Waals surface area contributed by atoms with Gasteiger partial charge >= 0.3 is 21.8 Å². The second-order valence-electron chi connectivity index (χ2n) is 3.43. The van der Waals surface area contributed by atoms with Crippen molar-refractivity contribution in [3.05, 3.63) is 32.6 Å². The SMILES string of the molecule is O=C(Nc1ncc([N+](=O)[O-])s1)C(=O)Nc1ncc([N+](=O)[O-])s1. The molecule has 2 aromatic rings. The van der Waals surface area contributed by atoms with Gasteiger partial charge in [0.1, 0.15) is 12.4 Å². The number of rotatable bonds is 4. The molecule has 2 rings (SSSR count). The van der Waals surface area contributed by atoms with Gasteiger partial charge in [0.15, 0.2) is 10.3 Å². The molecule has 0 atom stereocenters. The standard InChI is InChI=1S/C8H4N6O6S2/c15-5(11-7-9-1-3(21-7)13(17)18)6(16)12-8-10-2-4(22-8)14(19)20/h1-2H,(H,9,11,15)(H,10,12,16). The smallest absolute Gasteiger partial charge is 0.293 e. The number of nitrogens with one attached hydrogen (secondary N) is 2. The zero-order chi connectivity index (χ0) is 16.3. The molecule has 2 heterocycles. The van der Waals surface area contributed by atoms with Crippen molar-refractivity contribution in [3.8, 4) is 0 Å². The van der Waals surface area contributed by atoms with E-state index in [2.05, 4.69) is 20.6 Å². The lowest BCUT2D eigenvalue weighted by molar-refractivity contribution is -0.380. The van der Waals surface area contributed by atoms with Gasteiger partial charge in [0.25, 0.3) is 0 Å². The van der Waals surface area contributed by atoms with Gasteiger partial charge in [-0.05, 0) is 22.7 Å². The molecule has 0 unspecified atom stereocenters. The van der Waals surface area contributed by atoms with Gasteiger partial charge in [-0.15, -0.1) is 0 Å². The predicted molar refractivity (Wildman–Crippen MR) is 74.8 cm³/mol. The van der Waals surface area contributed by atoms with Crippen molar-refractivity contribution in [1.29, 1.82) is 0 Å². The highest BCUT2D eigenvalue weighted by atomic mass is 32.1. The molecule has 0 aliphatic rings. The number of hydrogen-bond acceptors (Lipinski definition) is 10. The molecule has 22 heavy (non-hydrogen) atoms. The molecule has 2 aromatic heterocycles. The van der Waals surface area contributed by atoms with Gasteiger partial charge in [0, 0.05) is 0 Å². The Bertz CT molecular complexity index is 705. The van der Waals surface area contributed by atoms with Crippen LogP contribution in [-0.2, 0) is 9.59 Å². The summed E-state index contributed by atoms with van der Waals surface area (Å²) in [7, 11) is 0. The third-order valence-corrected chi connectivity index (χ3v) is 3.72. The molecule has 0 aromatic carbocycles. The van der Waals surface area contributed by atoms with E-state index in [1.165, 1.54) is 0 Å². The van der Waals surface area contributed by atoms with Gasteiger partial charge in [-0.1, -0.05) is 0 Å². The van der Waals surface area contributed by atoms with Crippen LogP contribution >= 0.6 is 22.7 Å². The summed E-state index contributed by atoms with van der Waals surface area (Å²) < 4.78 is 0. The molecule has 0 spiro atoms. The molecule has 0 radical (unpaired) electrons. The minimum Gasteiger partial charge on any atom is -0.293 e. The number of carbonyl (C=O) groups is 2. The lowest BCUT2D eigenvalue weighted by atomic mass is 10.5.